The Morgan fingerprint density at radius 1 is 1.26 bits per heavy atom. The van der Waals surface area contributed by atoms with E-state index in [1.54, 1.807) is 43.6 Å². The quantitative estimate of drug-likeness (QED) is 0.343. The molecule has 1 amide bonds. The Morgan fingerprint density at radius 2 is 2.03 bits per heavy atom. The monoisotopic (exact) mass is 418 g/mol. The molecular formula is C23H22N4O4. The summed E-state index contributed by atoms with van der Waals surface area (Å²) in [5, 5.41) is 12.1. The van der Waals surface area contributed by atoms with Gasteiger partial charge in [0.25, 0.3) is 11.5 Å². The molecular weight excluding hydrogens is 396 g/mol. The van der Waals surface area contributed by atoms with Crippen LogP contribution in [0.3, 0.4) is 0 Å². The van der Waals surface area contributed by atoms with Crippen LogP contribution in [0.1, 0.15) is 17.5 Å². The molecule has 3 aromatic rings. The highest BCUT2D eigenvalue weighted by Crippen LogP contribution is 2.24. The Kier molecular flexibility index (Phi) is 7.14. The van der Waals surface area contributed by atoms with E-state index in [9.17, 15) is 14.9 Å². The molecule has 8 heteroatoms. The second-order valence-electron chi connectivity index (χ2n) is 6.75. The number of hydrogen-bond donors (Lipinski definition) is 1. The summed E-state index contributed by atoms with van der Waals surface area (Å²) in [6.45, 7) is 2.77. The van der Waals surface area contributed by atoms with E-state index in [1.165, 1.54) is 10.5 Å². The van der Waals surface area contributed by atoms with Gasteiger partial charge in [0.05, 0.1) is 0 Å². The van der Waals surface area contributed by atoms with E-state index in [4.69, 9.17) is 9.47 Å². The largest absolute Gasteiger partial charge is 0.438 e. The number of carbonyl (C=O) groups excluding carboxylic acids is 1. The van der Waals surface area contributed by atoms with E-state index in [0.717, 1.165) is 5.56 Å². The van der Waals surface area contributed by atoms with E-state index >= 15 is 0 Å². The van der Waals surface area contributed by atoms with Gasteiger partial charge in [0.1, 0.15) is 28.6 Å². The third kappa shape index (κ3) is 5.35. The van der Waals surface area contributed by atoms with Gasteiger partial charge in [0.2, 0.25) is 5.88 Å². The summed E-state index contributed by atoms with van der Waals surface area (Å²) >= 11 is 0. The van der Waals surface area contributed by atoms with Gasteiger partial charge in [0.15, 0.2) is 0 Å². The predicted molar refractivity (Wildman–Crippen MR) is 116 cm³/mol. The Labute approximate surface area is 179 Å². The molecule has 0 saturated heterocycles. The van der Waals surface area contributed by atoms with Crippen LogP contribution in [0, 0.1) is 18.3 Å². The molecule has 8 nitrogen and oxygen atoms in total. The highest BCUT2D eigenvalue weighted by molar-refractivity contribution is 6.01. The van der Waals surface area contributed by atoms with Crippen LogP contribution in [0.4, 0.5) is 0 Å². The first kappa shape index (κ1) is 21.7. The Hall–Kier alpha value is -3.96. The van der Waals surface area contributed by atoms with Crippen molar-refractivity contribution in [2.45, 2.75) is 13.3 Å². The number of nitriles is 1. The molecule has 1 aromatic carbocycles. The number of nitrogens with zero attached hydrogens (tertiary/aromatic N) is 3. The summed E-state index contributed by atoms with van der Waals surface area (Å²) in [5.74, 6) is -0.0904. The van der Waals surface area contributed by atoms with Crippen LogP contribution in [-0.2, 0) is 9.53 Å². The Morgan fingerprint density at radius 3 is 2.74 bits per heavy atom. The van der Waals surface area contributed by atoms with E-state index in [1.807, 2.05) is 25.1 Å². The SMILES string of the molecule is COCCCNC(=O)/C(C#N)=C/c1c(Oc2ccc(C)cc2)nc2ccccn2c1=O. The van der Waals surface area contributed by atoms with Crippen molar-refractivity contribution in [3.8, 4) is 17.7 Å². The molecule has 0 aliphatic rings. The minimum Gasteiger partial charge on any atom is -0.438 e. The molecule has 3 rings (SSSR count). The molecule has 0 aliphatic heterocycles. The van der Waals surface area contributed by atoms with Crippen LogP contribution >= 0.6 is 0 Å². The van der Waals surface area contributed by atoms with Crippen LogP contribution in [0.25, 0.3) is 11.7 Å². The van der Waals surface area contributed by atoms with Crippen LogP contribution in [0.15, 0.2) is 59.0 Å². The van der Waals surface area contributed by atoms with Crippen molar-refractivity contribution in [1.29, 1.82) is 5.26 Å². The first-order valence-corrected chi connectivity index (χ1v) is 9.68. The summed E-state index contributed by atoms with van der Waals surface area (Å²) in [6.07, 6.45) is 3.38. The maximum Gasteiger partial charge on any atom is 0.269 e. The summed E-state index contributed by atoms with van der Waals surface area (Å²) in [6, 6.07) is 14.2. The van der Waals surface area contributed by atoms with Crippen LogP contribution in [-0.4, -0.2) is 35.6 Å². The van der Waals surface area contributed by atoms with Gasteiger partial charge in [0, 0.05) is 26.5 Å². The third-order valence-electron chi connectivity index (χ3n) is 4.43. The molecule has 0 saturated carbocycles. The van der Waals surface area contributed by atoms with Crippen LogP contribution in [0.2, 0.25) is 0 Å². The number of carbonyl (C=O) groups is 1. The highest BCUT2D eigenvalue weighted by Gasteiger charge is 2.17. The Balaban J connectivity index is 2.04. The van der Waals surface area contributed by atoms with Crippen molar-refractivity contribution in [3.63, 3.8) is 0 Å². The summed E-state index contributed by atoms with van der Waals surface area (Å²) < 4.78 is 12.1. The molecule has 2 aromatic heterocycles. The maximum absolute atomic E-state index is 13.1. The average molecular weight is 418 g/mol. The molecule has 158 valence electrons. The zero-order valence-corrected chi connectivity index (χ0v) is 17.3. The van der Waals surface area contributed by atoms with Gasteiger partial charge in [-0.05, 0) is 43.7 Å². The van der Waals surface area contributed by atoms with E-state index in [2.05, 4.69) is 10.3 Å². The minimum atomic E-state index is -0.586. The maximum atomic E-state index is 13.1. The lowest BCUT2D eigenvalue weighted by Gasteiger charge is -2.10. The van der Waals surface area contributed by atoms with E-state index in [-0.39, 0.29) is 17.0 Å². The van der Waals surface area contributed by atoms with Crippen molar-refractivity contribution in [3.05, 3.63) is 75.7 Å². The molecule has 0 bridgehead atoms. The number of ether oxygens (including phenoxy) is 2. The molecule has 0 atom stereocenters. The number of pyridine rings is 1. The van der Waals surface area contributed by atoms with Gasteiger partial charge in [-0.1, -0.05) is 23.8 Å². The lowest BCUT2D eigenvalue weighted by molar-refractivity contribution is -0.117. The summed E-state index contributed by atoms with van der Waals surface area (Å²) in [5.41, 5.74) is 0.770. The van der Waals surface area contributed by atoms with Crippen molar-refractivity contribution in [1.82, 2.24) is 14.7 Å². The third-order valence-corrected chi connectivity index (χ3v) is 4.43. The van der Waals surface area contributed by atoms with Crippen molar-refractivity contribution >= 4 is 17.6 Å². The van der Waals surface area contributed by atoms with Gasteiger partial charge in [-0.25, -0.2) is 0 Å². The number of rotatable bonds is 8. The highest BCUT2D eigenvalue weighted by atomic mass is 16.5. The number of aryl methyl sites for hydroxylation is 1. The standard InChI is InChI=1S/C23H22N4O4/c1-16-7-9-18(10-8-16)31-22-19(23(29)27-12-4-3-6-20(27)26-22)14-17(15-24)21(28)25-11-5-13-30-2/h3-4,6-10,12,14H,5,11,13H2,1-2H3,(H,25,28)/b17-14+. The molecule has 2 heterocycles. The molecule has 0 fully saturated rings. The number of hydrogen-bond acceptors (Lipinski definition) is 6. The second-order valence-corrected chi connectivity index (χ2v) is 6.75. The van der Waals surface area contributed by atoms with E-state index in [0.29, 0.717) is 31.0 Å². The number of nitrogens with one attached hydrogen (secondary N) is 1. The van der Waals surface area contributed by atoms with Crippen molar-refractivity contribution < 1.29 is 14.3 Å². The molecule has 0 radical (unpaired) electrons. The zero-order chi connectivity index (χ0) is 22.2. The fourth-order valence-corrected chi connectivity index (χ4v) is 2.81. The van der Waals surface area contributed by atoms with Crippen molar-refractivity contribution in [2.24, 2.45) is 0 Å². The number of fused-ring (bicyclic) bond motifs is 1. The van der Waals surface area contributed by atoms with Crippen molar-refractivity contribution in [2.75, 3.05) is 20.3 Å². The molecule has 0 unspecified atom stereocenters. The fraction of sp³-hybridized carbons (Fsp3) is 0.217. The smallest absolute Gasteiger partial charge is 0.269 e. The number of amides is 1. The fourth-order valence-electron chi connectivity index (χ4n) is 2.81. The topological polar surface area (TPSA) is 106 Å². The molecule has 31 heavy (non-hydrogen) atoms. The summed E-state index contributed by atoms with van der Waals surface area (Å²) in [7, 11) is 1.57. The Bertz CT molecular complexity index is 1210. The molecule has 1 N–H and O–H groups in total. The predicted octanol–water partition coefficient (Wildman–Crippen LogP) is 2.85. The first-order valence-electron chi connectivity index (χ1n) is 9.68. The van der Waals surface area contributed by atoms with Gasteiger partial charge in [-0.3, -0.25) is 14.0 Å². The summed E-state index contributed by atoms with van der Waals surface area (Å²) in [4.78, 5) is 29.9. The first-order chi connectivity index (χ1) is 15.0. The lowest BCUT2D eigenvalue weighted by Crippen LogP contribution is -2.27. The molecule has 0 aliphatic carbocycles. The van der Waals surface area contributed by atoms with Gasteiger partial charge >= 0.3 is 0 Å². The van der Waals surface area contributed by atoms with E-state index < -0.39 is 11.5 Å². The number of methoxy groups -OCH3 is 1. The average Bonchev–Trinajstić information content (AvgIpc) is 2.78. The lowest BCUT2D eigenvalue weighted by atomic mass is 10.1. The zero-order valence-electron chi connectivity index (χ0n) is 17.3. The normalized spacial score (nSPS) is 11.2. The van der Waals surface area contributed by atoms with Gasteiger partial charge < -0.3 is 14.8 Å². The number of benzene rings is 1. The second kappa shape index (κ2) is 10.2. The number of aromatic nitrogens is 2. The minimum absolute atomic E-state index is 0.00728. The van der Waals surface area contributed by atoms with Gasteiger partial charge in [-0.2, -0.15) is 10.2 Å². The van der Waals surface area contributed by atoms with Crippen LogP contribution < -0.4 is 15.6 Å². The van der Waals surface area contributed by atoms with Gasteiger partial charge in [-0.15, -0.1) is 0 Å². The van der Waals surface area contributed by atoms with Crippen LogP contribution in [0.5, 0.6) is 11.6 Å². The molecule has 0 spiro atoms.